The maximum Gasteiger partial charge on any atom is 0.387 e. The summed E-state index contributed by atoms with van der Waals surface area (Å²) in [5, 5.41) is 13.0. The molecule has 0 aliphatic carbocycles. The monoisotopic (exact) mass is 342 g/mol. The molecule has 0 spiro atoms. The summed E-state index contributed by atoms with van der Waals surface area (Å²) in [7, 11) is 1.38. The molecule has 0 radical (unpaired) electrons. The van der Waals surface area contributed by atoms with Crippen LogP contribution in [0.3, 0.4) is 0 Å². The number of halogens is 2. The summed E-state index contributed by atoms with van der Waals surface area (Å²) in [5.41, 5.74) is 0.670. The first-order valence-corrected chi connectivity index (χ1v) is 7.75. The Morgan fingerprint density at radius 1 is 1.35 bits per heavy atom. The van der Waals surface area contributed by atoms with E-state index in [1.54, 1.807) is 29.9 Å². The van der Waals surface area contributed by atoms with E-state index < -0.39 is 6.61 Å². The van der Waals surface area contributed by atoms with Gasteiger partial charge >= 0.3 is 6.61 Å². The number of alkyl halides is 2. The van der Waals surface area contributed by atoms with Crippen LogP contribution in [0.4, 0.5) is 8.78 Å². The van der Waals surface area contributed by atoms with Gasteiger partial charge in [0.2, 0.25) is 5.16 Å². The van der Waals surface area contributed by atoms with Gasteiger partial charge in [-0.05, 0) is 36.4 Å². The summed E-state index contributed by atoms with van der Waals surface area (Å²) in [6.45, 7) is 0.899. The number of hydrogen-bond donors (Lipinski definition) is 0. The van der Waals surface area contributed by atoms with E-state index in [2.05, 4.69) is 20.0 Å². The van der Waals surface area contributed by atoms with Crippen molar-refractivity contribution >= 4 is 18.0 Å². The number of hydrogen-bond acceptors (Lipinski definition) is 6. The van der Waals surface area contributed by atoms with E-state index in [0.29, 0.717) is 16.5 Å². The average molecular weight is 342 g/mol. The summed E-state index contributed by atoms with van der Waals surface area (Å²) in [6, 6.07) is 4.58. The fourth-order valence-electron chi connectivity index (χ4n) is 1.77. The Balaban J connectivity index is 2.24. The Morgan fingerprint density at radius 2 is 2.13 bits per heavy atom. The molecule has 0 atom stereocenters. The Hall–Kier alpha value is -2.16. The van der Waals surface area contributed by atoms with E-state index in [1.165, 1.54) is 24.9 Å². The molecule has 0 saturated carbocycles. The van der Waals surface area contributed by atoms with Crippen LogP contribution in [0.2, 0.25) is 0 Å². The highest BCUT2D eigenvalue weighted by Crippen LogP contribution is 2.29. The molecule has 0 aliphatic heterocycles. The normalized spacial score (nSPS) is 11.4. The van der Waals surface area contributed by atoms with Crippen molar-refractivity contribution in [3.8, 4) is 11.5 Å². The first-order valence-electron chi connectivity index (χ1n) is 6.77. The molecule has 0 bridgehead atoms. The highest BCUT2D eigenvalue weighted by Gasteiger charge is 2.11. The van der Waals surface area contributed by atoms with E-state index in [-0.39, 0.29) is 11.5 Å². The molecule has 23 heavy (non-hydrogen) atoms. The molecule has 0 saturated heterocycles. The maximum absolute atomic E-state index is 12.3. The van der Waals surface area contributed by atoms with Gasteiger partial charge < -0.3 is 9.47 Å². The minimum absolute atomic E-state index is 0.0256. The van der Waals surface area contributed by atoms with Crippen LogP contribution in [0.5, 0.6) is 11.5 Å². The van der Waals surface area contributed by atoms with Gasteiger partial charge in [-0.15, -0.1) is 10.2 Å². The van der Waals surface area contributed by atoms with Crippen LogP contribution in [0.25, 0.3) is 0 Å². The lowest BCUT2D eigenvalue weighted by atomic mass is 10.2. The highest BCUT2D eigenvalue weighted by atomic mass is 32.2. The third-order valence-electron chi connectivity index (χ3n) is 2.77. The van der Waals surface area contributed by atoms with Gasteiger partial charge in [0.05, 0.1) is 13.3 Å². The molecular weight excluding hydrogens is 326 g/mol. The highest BCUT2D eigenvalue weighted by molar-refractivity contribution is 7.99. The van der Waals surface area contributed by atoms with Crippen LogP contribution < -0.4 is 9.47 Å². The molecular formula is C14H16F2N4O2S. The zero-order valence-electron chi connectivity index (χ0n) is 12.9. The van der Waals surface area contributed by atoms with Crippen molar-refractivity contribution in [3.63, 3.8) is 0 Å². The fraction of sp³-hybridized carbons (Fsp3) is 0.357. The molecule has 124 valence electrons. The van der Waals surface area contributed by atoms with Gasteiger partial charge in [0.25, 0.3) is 0 Å². The molecule has 1 aromatic carbocycles. The number of nitrogens with zero attached hydrogens (tertiary/aromatic N) is 4. The Morgan fingerprint density at radius 3 is 2.78 bits per heavy atom. The Bertz CT molecular complexity index is 691. The molecule has 9 heteroatoms. The summed E-state index contributed by atoms with van der Waals surface area (Å²) in [4.78, 5) is 0. The van der Waals surface area contributed by atoms with Gasteiger partial charge in [0.1, 0.15) is 0 Å². The SMILES string of the molecule is CCSc1nnc(C)n1/N=C/c1ccc(OC(F)F)c(OC)c1. The number of aryl methyl sites for hydroxylation is 1. The van der Waals surface area contributed by atoms with Crippen molar-refractivity contribution in [2.45, 2.75) is 25.6 Å². The number of ether oxygens (including phenoxy) is 2. The summed E-state index contributed by atoms with van der Waals surface area (Å²) in [5.74, 6) is 1.68. The van der Waals surface area contributed by atoms with E-state index >= 15 is 0 Å². The number of thioether (sulfide) groups is 1. The molecule has 6 nitrogen and oxygen atoms in total. The number of methoxy groups -OCH3 is 1. The summed E-state index contributed by atoms with van der Waals surface area (Å²) in [6.07, 6.45) is 1.57. The van der Waals surface area contributed by atoms with Gasteiger partial charge in [0, 0.05) is 0 Å². The predicted octanol–water partition coefficient (Wildman–Crippen LogP) is 3.19. The number of benzene rings is 1. The van der Waals surface area contributed by atoms with E-state index in [9.17, 15) is 8.78 Å². The average Bonchev–Trinajstić information content (AvgIpc) is 2.86. The van der Waals surface area contributed by atoms with E-state index in [0.717, 1.165) is 5.75 Å². The van der Waals surface area contributed by atoms with Crippen molar-refractivity contribution in [1.82, 2.24) is 14.9 Å². The molecule has 0 aliphatic rings. The van der Waals surface area contributed by atoms with Gasteiger partial charge in [-0.3, -0.25) is 0 Å². The second kappa shape index (κ2) is 7.91. The standard InChI is InChI=1S/C14H16F2N4O2S/c1-4-23-14-19-18-9(2)20(14)17-8-10-5-6-11(22-13(15)16)12(7-10)21-3/h5-8,13H,4H2,1-3H3/b17-8+. The molecule has 2 rings (SSSR count). The minimum atomic E-state index is -2.91. The zero-order chi connectivity index (χ0) is 16.8. The minimum Gasteiger partial charge on any atom is -0.493 e. The first kappa shape index (κ1) is 17.2. The lowest BCUT2D eigenvalue weighted by molar-refractivity contribution is -0.0512. The van der Waals surface area contributed by atoms with Crippen LogP contribution in [-0.4, -0.2) is 40.6 Å². The number of rotatable bonds is 7. The van der Waals surface area contributed by atoms with Crippen molar-refractivity contribution in [1.29, 1.82) is 0 Å². The van der Waals surface area contributed by atoms with Crippen molar-refractivity contribution in [2.24, 2.45) is 5.10 Å². The summed E-state index contributed by atoms with van der Waals surface area (Å²) >= 11 is 1.52. The lowest BCUT2D eigenvalue weighted by Gasteiger charge is -2.10. The topological polar surface area (TPSA) is 61.5 Å². The maximum atomic E-state index is 12.3. The van der Waals surface area contributed by atoms with Gasteiger partial charge in [-0.1, -0.05) is 18.7 Å². The van der Waals surface area contributed by atoms with Crippen LogP contribution >= 0.6 is 11.8 Å². The third kappa shape index (κ3) is 4.41. The van der Waals surface area contributed by atoms with Crippen molar-refractivity contribution in [2.75, 3.05) is 12.9 Å². The Kier molecular flexibility index (Phi) is 5.91. The molecule has 0 fully saturated rings. The quantitative estimate of drug-likeness (QED) is 0.571. The lowest BCUT2D eigenvalue weighted by Crippen LogP contribution is -2.04. The zero-order valence-corrected chi connectivity index (χ0v) is 13.7. The van der Waals surface area contributed by atoms with Gasteiger partial charge in [-0.25, -0.2) is 0 Å². The van der Waals surface area contributed by atoms with Crippen molar-refractivity contribution < 1.29 is 18.3 Å². The molecule has 0 amide bonds. The molecule has 1 aromatic heterocycles. The first-order chi connectivity index (χ1) is 11.0. The van der Waals surface area contributed by atoms with Crippen LogP contribution in [-0.2, 0) is 0 Å². The fourth-order valence-corrected chi connectivity index (χ4v) is 2.43. The molecule has 0 N–H and O–H groups in total. The molecule has 1 heterocycles. The predicted molar refractivity (Wildman–Crippen MR) is 83.8 cm³/mol. The van der Waals surface area contributed by atoms with Crippen molar-refractivity contribution in [3.05, 3.63) is 29.6 Å². The second-order valence-corrected chi connectivity index (χ2v) is 5.54. The van der Waals surface area contributed by atoms with Crippen LogP contribution in [0, 0.1) is 6.92 Å². The van der Waals surface area contributed by atoms with E-state index in [4.69, 9.17) is 4.74 Å². The van der Waals surface area contributed by atoms with Crippen LogP contribution in [0.15, 0.2) is 28.5 Å². The summed E-state index contributed by atoms with van der Waals surface area (Å²) < 4.78 is 35.7. The molecule has 2 aromatic rings. The van der Waals surface area contributed by atoms with Gasteiger partial charge in [0.15, 0.2) is 17.3 Å². The molecule has 0 unspecified atom stereocenters. The smallest absolute Gasteiger partial charge is 0.387 e. The van der Waals surface area contributed by atoms with Crippen LogP contribution in [0.1, 0.15) is 18.3 Å². The largest absolute Gasteiger partial charge is 0.493 e. The Labute approximate surface area is 136 Å². The number of aromatic nitrogens is 3. The van der Waals surface area contributed by atoms with Gasteiger partial charge in [-0.2, -0.15) is 18.6 Å². The second-order valence-electron chi connectivity index (χ2n) is 4.31. The third-order valence-corrected chi connectivity index (χ3v) is 3.57. The van der Waals surface area contributed by atoms with E-state index in [1.807, 2.05) is 6.92 Å².